The molecular weight excluding hydrogens is 180 g/mol. The molecule has 1 unspecified atom stereocenters. The Labute approximate surface area is 82.1 Å². The molecular formula is C10H14N2O2. The maximum absolute atomic E-state index is 11.0. The first kappa shape index (κ1) is 9.27. The minimum Gasteiger partial charge on any atom is -0.394 e. The first-order chi connectivity index (χ1) is 6.77. The monoisotopic (exact) mass is 194 g/mol. The van der Waals surface area contributed by atoms with Crippen molar-refractivity contribution in [3.63, 3.8) is 0 Å². The van der Waals surface area contributed by atoms with Gasteiger partial charge in [-0.25, -0.2) is 0 Å². The Morgan fingerprint density at radius 1 is 1.57 bits per heavy atom. The fraction of sp³-hybridized carbons (Fsp3) is 0.500. The van der Waals surface area contributed by atoms with E-state index in [1.807, 2.05) is 0 Å². The molecule has 1 aromatic heterocycles. The van der Waals surface area contributed by atoms with Crippen LogP contribution in [0.25, 0.3) is 0 Å². The number of aromatic amines is 1. The van der Waals surface area contributed by atoms with Crippen molar-refractivity contribution < 1.29 is 4.74 Å². The van der Waals surface area contributed by atoms with E-state index in [9.17, 15) is 4.79 Å². The molecule has 1 aromatic rings. The highest BCUT2D eigenvalue weighted by Crippen LogP contribution is 2.24. The van der Waals surface area contributed by atoms with E-state index in [2.05, 4.69) is 4.98 Å². The molecule has 4 heteroatoms. The van der Waals surface area contributed by atoms with E-state index < -0.39 is 0 Å². The van der Waals surface area contributed by atoms with Crippen LogP contribution < -0.4 is 11.3 Å². The van der Waals surface area contributed by atoms with E-state index in [-0.39, 0.29) is 11.2 Å². The number of nitrogens with one attached hydrogen (secondary N) is 1. The van der Waals surface area contributed by atoms with E-state index in [1.54, 1.807) is 12.3 Å². The zero-order valence-electron chi connectivity index (χ0n) is 7.95. The van der Waals surface area contributed by atoms with Crippen LogP contribution in [0.3, 0.4) is 0 Å². The number of aromatic nitrogens is 1. The second-order valence-electron chi connectivity index (χ2n) is 3.63. The van der Waals surface area contributed by atoms with Gasteiger partial charge in [0, 0.05) is 18.7 Å². The number of hydrogen-bond donors (Lipinski definition) is 2. The largest absolute Gasteiger partial charge is 0.394 e. The van der Waals surface area contributed by atoms with E-state index in [1.165, 1.54) is 0 Å². The molecule has 1 aliphatic heterocycles. The summed E-state index contributed by atoms with van der Waals surface area (Å²) < 4.78 is 5.37. The predicted molar refractivity (Wildman–Crippen MR) is 54.3 cm³/mol. The number of nitrogen functional groups attached to an aromatic ring is 1. The van der Waals surface area contributed by atoms with Crippen LogP contribution in [0.2, 0.25) is 0 Å². The Hall–Kier alpha value is -1.29. The number of ether oxygens (including phenoxy) is 1. The highest BCUT2D eigenvalue weighted by Gasteiger charge is 2.16. The third-order valence-electron chi connectivity index (χ3n) is 2.59. The lowest BCUT2D eigenvalue weighted by molar-refractivity contribution is 0.0803. The third kappa shape index (κ3) is 1.80. The van der Waals surface area contributed by atoms with Gasteiger partial charge in [0.15, 0.2) is 0 Å². The Kier molecular flexibility index (Phi) is 2.54. The first-order valence-electron chi connectivity index (χ1n) is 4.83. The Morgan fingerprint density at radius 2 is 2.43 bits per heavy atom. The molecule has 2 rings (SSSR count). The van der Waals surface area contributed by atoms with Gasteiger partial charge in [-0.3, -0.25) is 4.79 Å². The van der Waals surface area contributed by atoms with Crippen molar-refractivity contribution in [1.82, 2.24) is 4.98 Å². The molecule has 76 valence electrons. The molecule has 0 aliphatic carbocycles. The zero-order chi connectivity index (χ0) is 9.97. The van der Waals surface area contributed by atoms with Crippen LogP contribution in [0.4, 0.5) is 5.69 Å². The molecule has 0 radical (unpaired) electrons. The van der Waals surface area contributed by atoms with Gasteiger partial charge < -0.3 is 15.5 Å². The van der Waals surface area contributed by atoms with Gasteiger partial charge in [-0.05, 0) is 24.5 Å². The summed E-state index contributed by atoms with van der Waals surface area (Å²) in [5, 5.41) is 0. The molecule has 1 saturated heterocycles. The topological polar surface area (TPSA) is 68.1 Å². The second kappa shape index (κ2) is 3.84. The van der Waals surface area contributed by atoms with Crippen molar-refractivity contribution in [3.8, 4) is 0 Å². The van der Waals surface area contributed by atoms with Crippen molar-refractivity contribution in [1.29, 1.82) is 0 Å². The molecule has 0 aromatic carbocycles. The summed E-state index contributed by atoms with van der Waals surface area (Å²) in [6, 6.07) is 1.75. The number of H-pyrrole nitrogens is 1. The lowest BCUT2D eigenvalue weighted by Crippen LogP contribution is -2.18. The van der Waals surface area contributed by atoms with Crippen LogP contribution in [0.1, 0.15) is 24.3 Å². The summed E-state index contributed by atoms with van der Waals surface area (Å²) in [5.41, 5.74) is 6.68. The minimum absolute atomic E-state index is 0.217. The van der Waals surface area contributed by atoms with Gasteiger partial charge in [-0.2, -0.15) is 0 Å². The fourth-order valence-electron chi connectivity index (χ4n) is 1.76. The van der Waals surface area contributed by atoms with Crippen LogP contribution in [0.5, 0.6) is 0 Å². The van der Waals surface area contributed by atoms with Crippen LogP contribution >= 0.6 is 0 Å². The van der Waals surface area contributed by atoms with Crippen molar-refractivity contribution in [2.75, 3.05) is 18.9 Å². The van der Waals surface area contributed by atoms with Crippen LogP contribution in [-0.2, 0) is 4.74 Å². The lowest BCUT2D eigenvalue weighted by atomic mass is 9.95. The zero-order valence-corrected chi connectivity index (χ0v) is 7.95. The summed E-state index contributed by atoms with van der Waals surface area (Å²) in [6.07, 6.45) is 3.91. The van der Waals surface area contributed by atoms with Crippen LogP contribution in [-0.4, -0.2) is 18.2 Å². The maximum Gasteiger partial charge on any atom is 0.271 e. The Morgan fingerprint density at radius 3 is 3.07 bits per heavy atom. The van der Waals surface area contributed by atoms with Gasteiger partial charge in [0.1, 0.15) is 0 Å². The number of pyridine rings is 1. The molecule has 1 aliphatic rings. The fourth-order valence-corrected chi connectivity index (χ4v) is 1.76. The molecule has 0 spiro atoms. The molecule has 3 N–H and O–H groups in total. The molecule has 0 saturated carbocycles. The summed E-state index contributed by atoms with van der Waals surface area (Å²) in [4.78, 5) is 13.7. The first-order valence-corrected chi connectivity index (χ1v) is 4.83. The predicted octanol–water partition coefficient (Wildman–Crippen LogP) is 0.851. The molecule has 0 amide bonds. The van der Waals surface area contributed by atoms with Crippen molar-refractivity contribution in [3.05, 3.63) is 28.2 Å². The normalized spacial score (nSPS) is 22.1. The summed E-state index contributed by atoms with van der Waals surface area (Å²) in [5.74, 6) is 0.378. The molecule has 0 bridgehead atoms. The summed E-state index contributed by atoms with van der Waals surface area (Å²) in [7, 11) is 0. The van der Waals surface area contributed by atoms with Gasteiger partial charge >= 0.3 is 0 Å². The second-order valence-corrected chi connectivity index (χ2v) is 3.63. The van der Waals surface area contributed by atoms with Crippen LogP contribution in [0, 0.1) is 0 Å². The van der Waals surface area contributed by atoms with Gasteiger partial charge in [-0.1, -0.05) is 0 Å². The van der Waals surface area contributed by atoms with Gasteiger partial charge in [0.25, 0.3) is 5.56 Å². The molecule has 2 heterocycles. The summed E-state index contributed by atoms with van der Waals surface area (Å²) in [6.45, 7) is 1.57. The molecule has 4 nitrogen and oxygen atoms in total. The highest BCUT2D eigenvalue weighted by atomic mass is 16.5. The Bertz CT molecular complexity index is 367. The molecule has 1 atom stereocenters. The average Bonchev–Trinajstić information content (AvgIpc) is 2.23. The van der Waals surface area contributed by atoms with Gasteiger partial charge in [0.2, 0.25) is 0 Å². The molecule has 1 fully saturated rings. The smallest absolute Gasteiger partial charge is 0.271 e. The number of rotatable bonds is 1. The Balaban J connectivity index is 2.22. The van der Waals surface area contributed by atoms with E-state index >= 15 is 0 Å². The van der Waals surface area contributed by atoms with E-state index in [0.29, 0.717) is 5.92 Å². The van der Waals surface area contributed by atoms with Crippen molar-refractivity contribution >= 4 is 5.69 Å². The number of nitrogens with two attached hydrogens (primary N) is 1. The van der Waals surface area contributed by atoms with Crippen molar-refractivity contribution in [2.45, 2.75) is 18.8 Å². The average molecular weight is 194 g/mol. The van der Waals surface area contributed by atoms with Crippen molar-refractivity contribution in [2.24, 2.45) is 0 Å². The summed E-state index contributed by atoms with van der Waals surface area (Å²) >= 11 is 0. The van der Waals surface area contributed by atoms with E-state index in [0.717, 1.165) is 31.6 Å². The highest BCUT2D eigenvalue weighted by molar-refractivity contribution is 5.38. The standard InChI is InChI=1S/C10H14N2O2/c11-9-4-8(5-12-10(9)13)7-2-1-3-14-6-7/h4-5,7H,1-3,6,11H2,(H,12,13). The minimum atomic E-state index is -0.217. The maximum atomic E-state index is 11.0. The van der Waals surface area contributed by atoms with Crippen LogP contribution in [0.15, 0.2) is 17.1 Å². The molecule has 14 heavy (non-hydrogen) atoms. The quantitative estimate of drug-likeness (QED) is 0.696. The lowest BCUT2D eigenvalue weighted by Gasteiger charge is -2.22. The number of anilines is 1. The van der Waals surface area contributed by atoms with Gasteiger partial charge in [-0.15, -0.1) is 0 Å². The third-order valence-corrected chi connectivity index (χ3v) is 2.59. The number of hydrogen-bond acceptors (Lipinski definition) is 3. The van der Waals surface area contributed by atoms with Gasteiger partial charge in [0.05, 0.1) is 12.3 Å². The SMILES string of the molecule is Nc1cc(C2CCCOC2)c[nH]c1=O. The van der Waals surface area contributed by atoms with E-state index in [4.69, 9.17) is 10.5 Å².